The van der Waals surface area contributed by atoms with Crippen LogP contribution in [0.2, 0.25) is 0 Å². The predicted octanol–water partition coefficient (Wildman–Crippen LogP) is 1.65. The monoisotopic (exact) mass is 227 g/mol. The van der Waals surface area contributed by atoms with Crippen LogP contribution in [0.15, 0.2) is 18.2 Å². The van der Waals surface area contributed by atoms with Gasteiger partial charge in [0.25, 0.3) is 0 Å². The van der Waals surface area contributed by atoms with Crippen molar-refractivity contribution >= 4 is 22.6 Å². The van der Waals surface area contributed by atoms with E-state index in [0.29, 0.717) is 5.69 Å². The zero-order valence-electron chi connectivity index (χ0n) is 8.61. The number of aromatic carboxylic acids is 1. The highest BCUT2D eigenvalue weighted by atomic mass is 32.2. The number of hydrogen-bond acceptors (Lipinski definition) is 2. The van der Waals surface area contributed by atoms with Gasteiger partial charge >= 0.3 is 5.97 Å². The molecule has 0 aliphatic carbocycles. The Kier molecular flexibility index (Phi) is 3.85. The summed E-state index contributed by atoms with van der Waals surface area (Å²) in [4.78, 5) is 10.9. The van der Waals surface area contributed by atoms with Gasteiger partial charge in [-0.3, -0.25) is 0 Å². The van der Waals surface area contributed by atoms with Crippen molar-refractivity contribution in [1.29, 1.82) is 0 Å². The molecule has 0 bridgehead atoms. The maximum atomic E-state index is 10.9. The number of aryl methyl sites for hydroxylation is 1. The number of nitrogens with one attached hydrogen (secondary N) is 1. The topological polar surface area (TPSA) is 66.4 Å². The fourth-order valence-electron chi connectivity index (χ4n) is 1.23. The SMILES string of the molecule is CCc1ccc(NS(C)=O)c(C(=O)O)c1. The minimum absolute atomic E-state index is 0.157. The van der Waals surface area contributed by atoms with Crippen molar-refractivity contribution in [2.45, 2.75) is 13.3 Å². The third-order valence-corrected chi connectivity index (χ3v) is 2.48. The van der Waals surface area contributed by atoms with Crippen molar-refractivity contribution in [3.63, 3.8) is 0 Å². The Balaban J connectivity index is 3.15. The normalized spacial score (nSPS) is 12.1. The van der Waals surface area contributed by atoms with Gasteiger partial charge in [-0.05, 0) is 24.1 Å². The van der Waals surface area contributed by atoms with Crippen LogP contribution < -0.4 is 4.72 Å². The van der Waals surface area contributed by atoms with E-state index in [9.17, 15) is 9.00 Å². The molecule has 4 nitrogen and oxygen atoms in total. The molecule has 0 spiro atoms. The molecule has 1 rings (SSSR count). The van der Waals surface area contributed by atoms with E-state index in [1.807, 2.05) is 13.0 Å². The van der Waals surface area contributed by atoms with Crippen molar-refractivity contribution in [1.82, 2.24) is 0 Å². The molecule has 5 heteroatoms. The average molecular weight is 227 g/mol. The van der Waals surface area contributed by atoms with E-state index in [1.54, 1.807) is 12.1 Å². The summed E-state index contributed by atoms with van der Waals surface area (Å²) in [6.45, 7) is 1.95. The molecular formula is C10H13NO3S. The van der Waals surface area contributed by atoms with Crippen LogP contribution in [0.5, 0.6) is 0 Å². The molecule has 0 heterocycles. The van der Waals surface area contributed by atoms with E-state index >= 15 is 0 Å². The summed E-state index contributed by atoms with van der Waals surface area (Å²) in [6, 6.07) is 5.06. The molecule has 0 amide bonds. The molecule has 15 heavy (non-hydrogen) atoms. The van der Waals surface area contributed by atoms with Gasteiger partial charge in [-0.25, -0.2) is 9.00 Å². The molecule has 82 valence electrons. The summed E-state index contributed by atoms with van der Waals surface area (Å²) < 4.78 is 13.5. The van der Waals surface area contributed by atoms with E-state index in [0.717, 1.165) is 12.0 Å². The lowest BCUT2D eigenvalue weighted by atomic mass is 10.1. The van der Waals surface area contributed by atoms with E-state index in [-0.39, 0.29) is 5.56 Å². The van der Waals surface area contributed by atoms with Crippen molar-refractivity contribution in [2.75, 3.05) is 11.0 Å². The lowest BCUT2D eigenvalue weighted by molar-refractivity contribution is 0.0698. The molecule has 0 fully saturated rings. The first kappa shape index (κ1) is 11.7. The quantitative estimate of drug-likeness (QED) is 0.822. The Morgan fingerprint density at radius 3 is 2.67 bits per heavy atom. The maximum Gasteiger partial charge on any atom is 0.337 e. The Morgan fingerprint density at radius 1 is 1.53 bits per heavy atom. The summed E-state index contributed by atoms with van der Waals surface area (Å²) in [7, 11) is -1.27. The minimum atomic E-state index is -1.27. The standard InChI is InChI=1S/C10H13NO3S/c1-3-7-4-5-9(11-15(2)14)8(6-7)10(12)13/h4-6,11H,3H2,1-2H3,(H,12,13). The third kappa shape index (κ3) is 3.06. The van der Waals surface area contributed by atoms with Crippen LogP contribution >= 0.6 is 0 Å². The molecule has 0 saturated heterocycles. The largest absolute Gasteiger partial charge is 0.478 e. The molecular weight excluding hydrogens is 214 g/mol. The molecule has 0 saturated carbocycles. The number of anilines is 1. The Morgan fingerprint density at radius 2 is 2.20 bits per heavy atom. The van der Waals surface area contributed by atoms with Gasteiger partial charge < -0.3 is 9.83 Å². The Labute approximate surface area is 90.9 Å². The van der Waals surface area contributed by atoms with Gasteiger partial charge in [-0.1, -0.05) is 13.0 Å². The van der Waals surface area contributed by atoms with Crippen molar-refractivity contribution in [2.24, 2.45) is 0 Å². The van der Waals surface area contributed by atoms with E-state index in [1.165, 1.54) is 6.26 Å². The second-order valence-corrected chi connectivity index (χ2v) is 4.21. The summed E-state index contributed by atoms with van der Waals surface area (Å²) in [5.41, 5.74) is 1.49. The lowest BCUT2D eigenvalue weighted by Gasteiger charge is -2.08. The van der Waals surface area contributed by atoms with E-state index in [4.69, 9.17) is 5.11 Å². The van der Waals surface area contributed by atoms with Gasteiger partial charge in [0.05, 0.1) is 11.3 Å². The fourth-order valence-corrected chi connectivity index (χ4v) is 1.72. The van der Waals surface area contributed by atoms with E-state index < -0.39 is 17.0 Å². The molecule has 2 N–H and O–H groups in total. The number of carboxylic acids is 1. The average Bonchev–Trinajstić information content (AvgIpc) is 2.17. The molecule has 1 unspecified atom stereocenters. The van der Waals surface area contributed by atoms with Crippen LogP contribution in [0.4, 0.5) is 5.69 Å². The van der Waals surface area contributed by atoms with Gasteiger partial charge in [0.15, 0.2) is 0 Å². The molecule has 1 aromatic carbocycles. The number of rotatable bonds is 4. The Bertz CT molecular complexity index is 404. The van der Waals surface area contributed by atoms with Gasteiger partial charge in [0.1, 0.15) is 11.0 Å². The van der Waals surface area contributed by atoms with Gasteiger partial charge in [-0.15, -0.1) is 0 Å². The lowest BCUT2D eigenvalue weighted by Crippen LogP contribution is -2.08. The number of benzene rings is 1. The summed E-state index contributed by atoms with van der Waals surface area (Å²) in [5, 5.41) is 8.96. The molecule has 0 radical (unpaired) electrons. The fraction of sp³-hybridized carbons (Fsp3) is 0.300. The molecule has 0 aliphatic heterocycles. The van der Waals surface area contributed by atoms with Crippen molar-refractivity contribution < 1.29 is 14.1 Å². The first-order valence-corrected chi connectivity index (χ1v) is 6.06. The second-order valence-electron chi connectivity index (χ2n) is 3.09. The first-order valence-electron chi connectivity index (χ1n) is 4.51. The molecule has 1 atom stereocenters. The highest BCUT2D eigenvalue weighted by molar-refractivity contribution is 7.85. The van der Waals surface area contributed by atoms with Gasteiger partial charge in [-0.2, -0.15) is 0 Å². The van der Waals surface area contributed by atoms with Crippen LogP contribution in [0, 0.1) is 0 Å². The van der Waals surface area contributed by atoms with E-state index in [2.05, 4.69) is 4.72 Å². The minimum Gasteiger partial charge on any atom is -0.478 e. The summed E-state index contributed by atoms with van der Waals surface area (Å²) in [5.74, 6) is -1.02. The zero-order valence-corrected chi connectivity index (χ0v) is 9.43. The van der Waals surface area contributed by atoms with Gasteiger partial charge in [0, 0.05) is 6.26 Å². The van der Waals surface area contributed by atoms with Crippen LogP contribution in [-0.4, -0.2) is 21.5 Å². The van der Waals surface area contributed by atoms with Crippen LogP contribution in [0.1, 0.15) is 22.8 Å². The first-order chi connectivity index (χ1) is 7.04. The molecule has 1 aromatic rings. The van der Waals surface area contributed by atoms with Crippen LogP contribution in [0.25, 0.3) is 0 Å². The second kappa shape index (κ2) is 4.93. The van der Waals surface area contributed by atoms with Crippen LogP contribution in [0.3, 0.4) is 0 Å². The summed E-state index contributed by atoms with van der Waals surface area (Å²) in [6.07, 6.45) is 2.23. The predicted molar refractivity (Wildman–Crippen MR) is 60.5 cm³/mol. The summed E-state index contributed by atoms with van der Waals surface area (Å²) >= 11 is 0. The smallest absolute Gasteiger partial charge is 0.337 e. The highest BCUT2D eigenvalue weighted by Gasteiger charge is 2.11. The van der Waals surface area contributed by atoms with Crippen molar-refractivity contribution in [3.05, 3.63) is 29.3 Å². The number of carbonyl (C=O) groups is 1. The molecule has 0 aromatic heterocycles. The van der Waals surface area contributed by atoms with Crippen molar-refractivity contribution in [3.8, 4) is 0 Å². The van der Waals surface area contributed by atoms with Crippen LogP contribution in [-0.2, 0) is 17.4 Å². The zero-order chi connectivity index (χ0) is 11.4. The Hall–Kier alpha value is -1.36. The third-order valence-electron chi connectivity index (χ3n) is 1.98. The number of carboxylic acid groups (broad SMARTS) is 1. The molecule has 0 aliphatic rings. The maximum absolute atomic E-state index is 10.9. The highest BCUT2D eigenvalue weighted by Crippen LogP contribution is 2.18. The van der Waals surface area contributed by atoms with Gasteiger partial charge in [0.2, 0.25) is 0 Å². The number of hydrogen-bond donors (Lipinski definition) is 2.